The summed E-state index contributed by atoms with van der Waals surface area (Å²) in [4.78, 5) is 48.2. The minimum atomic E-state index is -3.76. The molecular formula is C16H14F2N2O7. The first kappa shape index (κ1) is 18.5. The van der Waals surface area contributed by atoms with Crippen LogP contribution in [-0.4, -0.2) is 53.0 Å². The number of Topliss-reactive ketones (excluding diaryl/α,β-unsaturated/α-hetero) is 1. The number of alkyl halides is 2. The Hall–Kier alpha value is -3.24. The molecule has 2 aliphatic heterocycles. The lowest BCUT2D eigenvalue weighted by Crippen LogP contribution is -2.52. The second-order valence-electron chi connectivity index (χ2n) is 5.97. The highest BCUT2D eigenvalue weighted by Gasteiger charge is 2.44. The Kier molecular flexibility index (Phi) is 4.68. The number of carboxylic acid groups (broad SMARTS) is 1. The lowest BCUT2D eigenvalue weighted by atomic mass is 9.94. The van der Waals surface area contributed by atoms with E-state index in [0.29, 0.717) is 5.56 Å². The summed E-state index contributed by atoms with van der Waals surface area (Å²) in [6.07, 6.45) is -3.85. The standard InChI is InChI=1S/C16H14F2N2O7/c17-16(18)26-10-2-1-8(5-11(10)27-16)7-20-4-3-9(21)13(15(20)25)14(24)19-6-12(22)23/h1-2,5,13H,3-4,6-7H2,(H,19,24)(H,22,23). The number of piperidine rings is 1. The zero-order valence-corrected chi connectivity index (χ0v) is 13.7. The zero-order chi connectivity index (χ0) is 19.8. The summed E-state index contributed by atoms with van der Waals surface area (Å²) in [6.45, 7) is -0.714. The van der Waals surface area contributed by atoms with Crippen LogP contribution in [0, 0.1) is 5.92 Å². The Bertz CT molecular complexity index is 827. The van der Waals surface area contributed by atoms with Gasteiger partial charge in [-0.3, -0.25) is 19.2 Å². The van der Waals surface area contributed by atoms with Crippen molar-refractivity contribution >= 4 is 23.6 Å². The molecule has 2 amide bonds. The van der Waals surface area contributed by atoms with Crippen LogP contribution in [0.3, 0.4) is 0 Å². The summed E-state index contributed by atoms with van der Waals surface area (Å²) in [7, 11) is 0. The number of hydrogen-bond acceptors (Lipinski definition) is 6. The van der Waals surface area contributed by atoms with Crippen molar-refractivity contribution < 1.29 is 42.5 Å². The molecule has 2 aliphatic rings. The third kappa shape index (κ3) is 3.96. The molecule has 11 heteroatoms. The second kappa shape index (κ2) is 6.82. The van der Waals surface area contributed by atoms with E-state index in [0.717, 1.165) is 0 Å². The Balaban J connectivity index is 1.71. The van der Waals surface area contributed by atoms with E-state index in [2.05, 4.69) is 9.47 Å². The van der Waals surface area contributed by atoms with Gasteiger partial charge in [0.15, 0.2) is 23.2 Å². The summed E-state index contributed by atoms with van der Waals surface area (Å²) in [6, 6.07) is 3.99. The minimum Gasteiger partial charge on any atom is -0.480 e. The molecule has 1 atom stereocenters. The number of carbonyl (C=O) groups excluding carboxylic acids is 3. The number of carbonyl (C=O) groups is 4. The van der Waals surface area contributed by atoms with E-state index in [1.807, 2.05) is 5.32 Å². The summed E-state index contributed by atoms with van der Waals surface area (Å²) >= 11 is 0. The first-order chi connectivity index (χ1) is 12.7. The van der Waals surface area contributed by atoms with Gasteiger partial charge in [0.05, 0.1) is 0 Å². The lowest BCUT2D eigenvalue weighted by Gasteiger charge is -2.30. The number of ether oxygens (including phenoxy) is 2. The van der Waals surface area contributed by atoms with Crippen molar-refractivity contribution in [1.82, 2.24) is 10.2 Å². The van der Waals surface area contributed by atoms with E-state index in [1.165, 1.54) is 23.1 Å². The summed E-state index contributed by atoms with van der Waals surface area (Å²) < 4.78 is 34.8. The van der Waals surface area contributed by atoms with Crippen LogP contribution in [0.1, 0.15) is 12.0 Å². The molecule has 27 heavy (non-hydrogen) atoms. The Morgan fingerprint density at radius 3 is 2.67 bits per heavy atom. The third-order valence-corrected chi connectivity index (χ3v) is 4.02. The van der Waals surface area contributed by atoms with Crippen molar-refractivity contribution in [2.75, 3.05) is 13.1 Å². The van der Waals surface area contributed by atoms with Crippen molar-refractivity contribution in [2.45, 2.75) is 19.3 Å². The minimum absolute atomic E-state index is 0.0446. The second-order valence-corrected chi connectivity index (χ2v) is 5.97. The van der Waals surface area contributed by atoms with Crippen LogP contribution in [-0.2, 0) is 25.7 Å². The van der Waals surface area contributed by atoms with Crippen LogP contribution in [0.15, 0.2) is 18.2 Å². The van der Waals surface area contributed by atoms with Crippen molar-refractivity contribution in [1.29, 1.82) is 0 Å². The predicted octanol–water partition coefficient (Wildman–Crippen LogP) is 0.126. The van der Waals surface area contributed by atoms with Gasteiger partial charge in [0, 0.05) is 19.5 Å². The fourth-order valence-electron chi connectivity index (χ4n) is 2.81. The van der Waals surface area contributed by atoms with E-state index >= 15 is 0 Å². The van der Waals surface area contributed by atoms with Crippen LogP contribution in [0.25, 0.3) is 0 Å². The van der Waals surface area contributed by atoms with Gasteiger partial charge >= 0.3 is 12.3 Å². The van der Waals surface area contributed by atoms with Gasteiger partial charge in [0.2, 0.25) is 11.8 Å². The monoisotopic (exact) mass is 384 g/mol. The molecule has 3 rings (SSSR count). The number of likely N-dealkylation sites (tertiary alicyclic amines) is 1. The average molecular weight is 384 g/mol. The van der Waals surface area contributed by atoms with E-state index in [4.69, 9.17) is 5.11 Å². The maximum absolute atomic E-state index is 13.1. The number of carboxylic acids is 1. The topological polar surface area (TPSA) is 122 Å². The molecule has 2 heterocycles. The molecule has 0 aliphatic carbocycles. The van der Waals surface area contributed by atoms with Crippen LogP contribution in [0.5, 0.6) is 11.5 Å². The Morgan fingerprint density at radius 1 is 1.26 bits per heavy atom. The Morgan fingerprint density at radius 2 is 1.96 bits per heavy atom. The van der Waals surface area contributed by atoms with Crippen LogP contribution in [0.2, 0.25) is 0 Å². The van der Waals surface area contributed by atoms with Crippen molar-refractivity contribution in [3.8, 4) is 11.5 Å². The van der Waals surface area contributed by atoms with Crippen LogP contribution >= 0.6 is 0 Å². The van der Waals surface area contributed by atoms with Crippen LogP contribution < -0.4 is 14.8 Å². The number of nitrogens with one attached hydrogen (secondary N) is 1. The SMILES string of the molecule is O=C(O)CNC(=O)C1C(=O)CCN(Cc2ccc3c(c2)OC(F)(F)O3)C1=O. The Labute approximate surface area is 150 Å². The number of hydrogen-bond donors (Lipinski definition) is 2. The normalized spacial score (nSPS) is 20.5. The maximum atomic E-state index is 13.1. The molecule has 1 saturated heterocycles. The molecule has 0 spiro atoms. The fourth-order valence-corrected chi connectivity index (χ4v) is 2.81. The van der Waals surface area contributed by atoms with Crippen molar-refractivity contribution in [3.05, 3.63) is 23.8 Å². The highest BCUT2D eigenvalue weighted by molar-refractivity contribution is 6.19. The molecule has 1 fully saturated rings. The predicted molar refractivity (Wildman–Crippen MR) is 81.8 cm³/mol. The molecule has 1 aromatic rings. The van der Waals surface area contributed by atoms with Gasteiger partial charge in [-0.25, -0.2) is 0 Å². The van der Waals surface area contributed by atoms with Gasteiger partial charge in [-0.05, 0) is 17.7 Å². The summed E-state index contributed by atoms with van der Waals surface area (Å²) in [5.41, 5.74) is 0.433. The zero-order valence-electron chi connectivity index (χ0n) is 13.7. The van der Waals surface area contributed by atoms with Gasteiger partial charge in [0.1, 0.15) is 6.54 Å². The molecule has 1 aromatic carbocycles. The van der Waals surface area contributed by atoms with Gasteiger partial charge in [-0.15, -0.1) is 8.78 Å². The van der Waals surface area contributed by atoms with E-state index < -0.39 is 42.3 Å². The van der Waals surface area contributed by atoms with Gasteiger partial charge in [-0.1, -0.05) is 6.07 Å². The van der Waals surface area contributed by atoms with Gasteiger partial charge < -0.3 is 24.8 Å². The molecule has 0 saturated carbocycles. The quantitative estimate of drug-likeness (QED) is 0.692. The smallest absolute Gasteiger partial charge is 0.480 e. The molecule has 0 aromatic heterocycles. The van der Waals surface area contributed by atoms with Crippen LogP contribution in [0.4, 0.5) is 8.78 Å². The number of ketones is 1. The van der Waals surface area contributed by atoms with Gasteiger partial charge in [-0.2, -0.15) is 0 Å². The van der Waals surface area contributed by atoms with E-state index in [9.17, 15) is 28.0 Å². The molecule has 0 bridgehead atoms. The molecule has 9 nitrogen and oxygen atoms in total. The number of fused-ring (bicyclic) bond motifs is 1. The fraction of sp³-hybridized carbons (Fsp3) is 0.375. The lowest BCUT2D eigenvalue weighted by molar-refractivity contribution is -0.286. The maximum Gasteiger partial charge on any atom is 0.586 e. The van der Waals surface area contributed by atoms with Crippen molar-refractivity contribution in [2.24, 2.45) is 5.92 Å². The number of halogens is 2. The highest BCUT2D eigenvalue weighted by atomic mass is 19.3. The average Bonchev–Trinajstić information content (AvgIpc) is 2.88. The largest absolute Gasteiger partial charge is 0.586 e. The number of amides is 2. The first-order valence-electron chi connectivity index (χ1n) is 7.86. The number of rotatable bonds is 5. The highest BCUT2D eigenvalue weighted by Crippen LogP contribution is 2.41. The number of benzene rings is 1. The summed E-state index contributed by atoms with van der Waals surface area (Å²) in [5, 5.41) is 10.6. The van der Waals surface area contributed by atoms with E-state index in [1.54, 1.807) is 0 Å². The molecule has 1 unspecified atom stereocenters. The molecular weight excluding hydrogens is 370 g/mol. The van der Waals surface area contributed by atoms with Gasteiger partial charge in [0.25, 0.3) is 0 Å². The third-order valence-electron chi connectivity index (χ3n) is 4.02. The molecule has 144 valence electrons. The van der Waals surface area contributed by atoms with Crippen molar-refractivity contribution in [3.63, 3.8) is 0 Å². The number of nitrogens with zero attached hydrogens (tertiary/aromatic N) is 1. The molecule has 2 N–H and O–H groups in total. The first-order valence-corrected chi connectivity index (χ1v) is 7.86. The van der Waals surface area contributed by atoms with E-state index in [-0.39, 0.29) is 31.0 Å². The molecule has 0 radical (unpaired) electrons. The number of aliphatic carboxylic acids is 1. The summed E-state index contributed by atoms with van der Waals surface area (Å²) in [5.74, 6) is -5.64.